The van der Waals surface area contributed by atoms with Gasteiger partial charge in [-0.25, -0.2) is 19.2 Å². The Morgan fingerprint density at radius 2 is 0.562 bits per heavy atom. The van der Waals surface area contributed by atoms with Crippen molar-refractivity contribution in [2.75, 3.05) is 7.11 Å². The summed E-state index contributed by atoms with van der Waals surface area (Å²) in [7, 11) is 1.28. The minimum absolute atomic E-state index is 0.0443. The lowest BCUT2D eigenvalue weighted by molar-refractivity contribution is -0.135. The molecule has 0 fully saturated rings. The molecule has 0 saturated carbocycles. The Bertz CT molecular complexity index is 2990. The van der Waals surface area contributed by atoms with E-state index in [-0.39, 0.29) is 99.1 Å². The number of rotatable bonds is 36. The van der Waals surface area contributed by atoms with E-state index in [2.05, 4.69) is 0 Å². The number of phenols is 1. The zero-order valence-corrected chi connectivity index (χ0v) is 51.6. The van der Waals surface area contributed by atoms with Crippen LogP contribution in [0.5, 0.6) is 28.7 Å². The second-order valence-corrected chi connectivity index (χ2v) is 20.8. The van der Waals surface area contributed by atoms with Crippen molar-refractivity contribution in [3.8, 4) is 28.7 Å². The average Bonchev–Trinajstić information content (AvgIpc) is 3.71. The summed E-state index contributed by atoms with van der Waals surface area (Å²) in [6, 6.07) is 31.0. The molecule has 20 nitrogen and oxygen atoms in total. The number of hydrogen-bond acceptors (Lipinski definition) is 17. The quantitative estimate of drug-likeness (QED) is 0.00952. The molecule has 0 amide bonds. The number of benzene rings is 5. The van der Waals surface area contributed by atoms with Crippen LogP contribution in [-0.2, 0) is 33.5 Å². The number of unbranched alkanes of at least 4 members (excludes halogenated alkanes) is 15. The summed E-state index contributed by atoms with van der Waals surface area (Å²) in [5.41, 5.74) is 0.453. The van der Waals surface area contributed by atoms with Crippen LogP contribution >= 0.6 is 23.2 Å². The Morgan fingerprint density at radius 1 is 0.326 bits per heavy atom. The number of carbonyl (C=O) groups excluding carboxylic acids is 8. The zero-order chi connectivity index (χ0) is 65.8. The SMILES string of the molecule is COC(=O)c1ccccc1OC(=O)CCCCCCCCC(=O)Oc1ccccc1C(C)=O.O=C(CCCCCCCCC(=O)Oc1ccccc1C(=O)O)Oc1ccccc1C(=O)O.O=C(Cl)CCCCCCCCC(=O)Cl.O=C(O)c1ccccc1O. The Kier molecular flexibility index (Phi) is 39.0. The number of carboxylic acid groups (broad SMARTS) is 3. The van der Waals surface area contributed by atoms with Crippen LogP contribution in [-0.4, -0.2) is 91.6 Å². The molecule has 0 bridgehead atoms. The number of aromatic hydroxyl groups is 1. The van der Waals surface area contributed by atoms with Gasteiger partial charge >= 0.3 is 47.8 Å². The fourth-order valence-electron chi connectivity index (χ4n) is 8.22. The molecular formula is C67H78Cl2O20. The highest BCUT2D eigenvalue weighted by Crippen LogP contribution is 2.24. The molecule has 0 saturated heterocycles. The Morgan fingerprint density at radius 3 is 0.831 bits per heavy atom. The molecule has 0 aliphatic carbocycles. The topological polar surface area (TPSA) is 315 Å². The van der Waals surface area contributed by atoms with Crippen LogP contribution in [0.15, 0.2) is 121 Å². The van der Waals surface area contributed by atoms with Crippen LogP contribution in [0.3, 0.4) is 0 Å². The summed E-state index contributed by atoms with van der Waals surface area (Å²) in [5.74, 6) is -5.39. The van der Waals surface area contributed by atoms with Gasteiger partial charge in [-0.1, -0.05) is 138 Å². The van der Waals surface area contributed by atoms with E-state index in [0.717, 1.165) is 89.9 Å². The number of carboxylic acids is 3. The third-order valence-corrected chi connectivity index (χ3v) is 13.2. The summed E-state index contributed by atoms with van der Waals surface area (Å²) in [4.78, 5) is 124. The first-order valence-electron chi connectivity index (χ1n) is 29.3. The number of ether oxygens (including phenoxy) is 5. The Balaban J connectivity index is 0.000000446. The predicted molar refractivity (Wildman–Crippen MR) is 331 cm³/mol. The van der Waals surface area contributed by atoms with E-state index >= 15 is 0 Å². The summed E-state index contributed by atoms with van der Waals surface area (Å²) >= 11 is 10.4. The minimum Gasteiger partial charge on any atom is -0.507 e. The number of halogens is 2. The molecule has 0 aliphatic heterocycles. The molecule has 5 aromatic carbocycles. The van der Waals surface area contributed by atoms with Crippen molar-refractivity contribution < 1.29 is 96.9 Å². The van der Waals surface area contributed by atoms with Crippen molar-refractivity contribution in [1.29, 1.82) is 0 Å². The van der Waals surface area contributed by atoms with E-state index in [1.54, 1.807) is 84.9 Å². The Hall–Kier alpha value is -8.75. The highest BCUT2D eigenvalue weighted by Gasteiger charge is 2.18. The van der Waals surface area contributed by atoms with E-state index < -0.39 is 35.8 Å². The van der Waals surface area contributed by atoms with Gasteiger partial charge in [0.25, 0.3) is 0 Å². The first-order valence-corrected chi connectivity index (χ1v) is 30.0. The largest absolute Gasteiger partial charge is 0.507 e. The summed E-state index contributed by atoms with van der Waals surface area (Å²) in [5, 5.41) is 35.0. The van der Waals surface area contributed by atoms with E-state index in [1.165, 1.54) is 50.4 Å². The van der Waals surface area contributed by atoms with Crippen molar-refractivity contribution in [1.82, 2.24) is 0 Å². The summed E-state index contributed by atoms with van der Waals surface area (Å²) in [6.45, 7) is 1.44. The van der Waals surface area contributed by atoms with Crippen molar-refractivity contribution in [2.24, 2.45) is 0 Å². The van der Waals surface area contributed by atoms with Gasteiger partial charge < -0.3 is 44.1 Å². The maximum Gasteiger partial charge on any atom is 0.341 e. The van der Waals surface area contributed by atoms with E-state index in [4.69, 9.17) is 67.3 Å². The van der Waals surface area contributed by atoms with Gasteiger partial charge in [-0.2, -0.15) is 0 Å². The molecule has 5 rings (SSSR count). The molecule has 5 aromatic rings. The lowest BCUT2D eigenvalue weighted by atomic mass is 10.1. The molecule has 0 aliphatic rings. The zero-order valence-electron chi connectivity index (χ0n) is 50.1. The number of para-hydroxylation sites is 5. The average molecular weight is 1270 g/mol. The van der Waals surface area contributed by atoms with Crippen LogP contribution in [0.25, 0.3) is 0 Å². The van der Waals surface area contributed by atoms with Gasteiger partial charge in [0.15, 0.2) is 5.78 Å². The van der Waals surface area contributed by atoms with Crippen LogP contribution in [0.4, 0.5) is 0 Å². The molecule has 0 heterocycles. The van der Waals surface area contributed by atoms with Gasteiger partial charge in [0.2, 0.25) is 10.5 Å². The van der Waals surface area contributed by atoms with Crippen molar-refractivity contribution in [3.05, 3.63) is 149 Å². The molecule has 89 heavy (non-hydrogen) atoms. The van der Waals surface area contributed by atoms with Gasteiger partial charge in [0, 0.05) is 38.5 Å². The third-order valence-electron chi connectivity index (χ3n) is 12.8. The van der Waals surface area contributed by atoms with Gasteiger partial charge in [-0.3, -0.25) is 33.6 Å². The number of aromatic carboxylic acids is 3. The maximum atomic E-state index is 12.1. The summed E-state index contributed by atoms with van der Waals surface area (Å²) in [6.07, 6.45) is 17.6. The number of hydrogen-bond donors (Lipinski definition) is 4. The third kappa shape index (κ3) is 34.4. The highest BCUT2D eigenvalue weighted by molar-refractivity contribution is 6.63. The monoisotopic (exact) mass is 1270 g/mol. The van der Waals surface area contributed by atoms with Gasteiger partial charge in [0.05, 0.1) is 12.7 Å². The van der Waals surface area contributed by atoms with E-state index in [9.17, 15) is 52.7 Å². The molecule has 0 spiro atoms. The highest BCUT2D eigenvalue weighted by atomic mass is 35.5. The fraction of sp³-hybridized carbons (Fsp3) is 0.388. The van der Waals surface area contributed by atoms with Gasteiger partial charge in [-0.05, 0) is 129 Å². The molecule has 0 radical (unpaired) electrons. The second kappa shape index (κ2) is 45.5. The van der Waals surface area contributed by atoms with Crippen LogP contribution in [0, 0.1) is 0 Å². The number of methoxy groups -OCH3 is 1. The number of carbonyl (C=O) groups is 11. The standard InChI is InChI=1S/C26H30O7.C24H26O8.C10H16Cl2O2.C7H6O3/c1-19(27)20-13-9-11-15-22(20)32-24(28)17-7-5-3-4-6-8-18-25(29)33-23-16-12-10-14-21(23)26(30)31-2;25-21(31-19-13-9-7-11-17(19)23(27)28)15-5-3-1-2-4-6-16-22(26)32-20-14-10-8-12-18(20)24(29)30;11-9(13)7-5-3-1-2-4-6-8-10(12)14;8-6-4-2-1-3-5(6)7(9)10/h9-16H,3-8,17-18H2,1-2H3;7-14H,1-6,15-16H2,(H,27,28)(H,29,30);1-8H2;1-4,8H,(H,9,10). The van der Waals surface area contributed by atoms with Crippen LogP contribution < -0.4 is 18.9 Å². The molecule has 22 heteroatoms. The van der Waals surface area contributed by atoms with E-state index in [1.807, 2.05) is 0 Å². The lowest BCUT2D eigenvalue weighted by Crippen LogP contribution is -2.11. The molecular weight excluding hydrogens is 1200 g/mol. The maximum absolute atomic E-state index is 12.1. The fourth-order valence-corrected chi connectivity index (χ4v) is 8.49. The number of Topliss-reactive ketones (excluding diaryl/α,β-unsaturated/α-hetero) is 1. The molecule has 0 aromatic heterocycles. The van der Waals surface area contributed by atoms with Crippen molar-refractivity contribution in [2.45, 2.75) is 161 Å². The smallest absolute Gasteiger partial charge is 0.341 e. The van der Waals surface area contributed by atoms with Crippen LogP contribution in [0.1, 0.15) is 213 Å². The van der Waals surface area contributed by atoms with Crippen LogP contribution in [0.2, 0.25) is 0 Å². The minimum atomic E-state index is -1.15. The van der Waals surface area contributed by atoms with Gasteiger partial charge in [-0.15, -0.1) is 0 Å². The second-order valence-electron chi connectivity index (χ2n) is 19.9. The summed E-state index contributed by atoms with van der Waals surface area (Å²) < 4.78 is 25.6. The Labute approximate surface area is 527 Å². The predicted octanol–water partition coefficient (Wildman–Crippen LogP) is 14.8. The number of esters is 5. The first-order chi connectivity index (χ1) is 42.6. The van der Waals surface area contributed by atoms with Crippen molar-refractivity contribution >= 4 is 87.2 Å². The first kappa shape index (κ1) is 76.3. The normalized spacial score (nSPS) is 10.2. The lowest BCUT2D eigenvalue weighted by Gasteiger charge is -2.08. The molecule has 4 N–H and O–H groups in total. The van der Waals surface area contributed by atoms with E-state index in [0.29, 0.717) is 49.8 Å². The van der Waals surface area contributed by atoms with Crippen molar-refractivity contribution in [3.63, 3.8) is 0 Å². The molecule has 480 valence electrons. The molecule has 0 unspecified atom stereocenters. The number of ketones is 1. The van der Waals surface area contributed by atoms with Gasteiger partial charge in [0.1, 0.15) is 51.0 Å². The molecule has 0 atom stereocenters.